The molecule has 0 N–H and O–H groups in total. The second-order valence-corrected chi connectivity index (χ2v) is 6.92. The summed E-state index contributed by atoms with van der Waals surface area (Å²) >= 11 is 1.39. The summed E-state index contributed by atoms with van der Waals surface area (Å²) in [6, 6.07) is 6.23. The topological polar surface area (TPSA) is 102 Å². The number of thioether (sulfide) groups is 1. The first-order chi connectivity index (χ1) is 12.0. The molecular formula is C16H18N4O4S. The van der Waals surface area contributed by atoms with E-state index < -0.39 is 4.92 Å². The summed E-state index contributed by atoms with van der Waals surface area (Å²) in [4.78, 5) is 29.5. The van der Waals surface area contributed by atoms with E-state index in [1.54, 1.807) is 19.1 Å². The van der Waals surface area contributed by atoms with E-state index in [1.807, 2.05) is 4.90 Å². The maximum absolute atomic E-state index is 12.3. The van der Waals surface area contributed by atoms with Crippen molar-refractivity contribution < 1.29 is 14.2 Å². The van der Waals surface area contributed by atoms with E-state index in [-0.39, 0.29) is 17.5 Å². The zero-order valence-electron chi connectivity index (χ0n) is 13.8. The van der Waals surface area contributed by atoms with Gasteiger partial charge in [-0.1, -0.05) is 5.16 Å². The van der Waals surface area contributed by atoms with E-state index in [1.165, 1.54) is 23.9 Å². The zero-order valence-corrected chi connectivity index (χ0v) is 14.6. The molecule has 0 unspecified atom stereocenters. The van der Waals surface area contributed by atoms with E-state index in [2.05, 4.69) is 10.1 Å². The van der Waals surface area contributed by atoms with Gasteiger partial charge in [-0.05, 0) is 31.9 Å². The van der Waals surface area contributed by atoms with Crippen LogP contribution in [0.1, 0.15) is 30.5 Å². The van der Waals surface area contributed by atoms with Gasteiger partial charge >= 0.3 is 0 Å². The third-order valence-corrected chi connectivity index (χ3v) is 5.15. The zero-order chi connectivity index (χ0) is 17.8. The van der Waals surface area contributed by atoms with Gasteiger partial charge in [-0.3, -0.25) is 14.9 Å². The largest absolute Gasteiger partial charge is 0.342 e. The summed E-state index contributed by atoms with van der Waals surface area (Å²) in [5.41, 5.74) is 0.0500. The number of rotatable bonds is 5. The lowest BCUT2D eigenvalue weighted by Crippen LogP contribution is -2.39. The summed E-state index contributed by atoms with van der Waals surface area (Å²) in [6.45, 7) is 3.14. The van der Waals surface area contributed by atoms with Crippen LogP contribution in [0.25, 0.3) is 0 Å². The molecule has 9 heteroatoms. The van der Waals surface area contributed by atoms with Gasteiger partial charge in [0, 0.05) is 36.0 Å². The normalized spacial score (nSPS) is 15.3. The predicted octanol–water partition coefficient (Wildman–Crippen LogP) is 2.78. The number of hydrogen-bond donors (Lipinski definition) is 0. The lowest BCUT2D eigenvalue weighted by molar-refractivity contribution is -0.384. The molecule has 3 rings (SSSR count). The molecular weight excluding hydrogens is 344 g/mol. The second kappa shape index (κ2) is 7.64. The number of likely N-dealkylation sites (tertiary alicyclic amines) is 1. The van der Waals surface area contributed by atoms with Crippen LogP contribution in [0.15, 0.2) is 33.7 Å². The lowest BCUT2D eigenvalue weighted by atomic mass is 9.97. The Balaban J connectivity index is 1.47. The standard InChI is InChI=1S/C16H18N4O4S/c1-11-17-16(24-18-11)12-6-8-19(9-7-12)15(21)10-25-14-4-2-13(3-5-14)20(22)23/h2-5,12H,6-10H2,1H3. The van der Waals surface area contributed by atoms with Crippen molar-refractivity contribution in [1.82, 2.24) is 15.0 Å². The van der Waals surface area contributed by atoms with Crippen LogP contribution in [0, 0.1) is 17.0 Å². The Morgan fingerprint density at radius 3 is 2.60 bits per heavy atom. The van der Waals surface area contributed by atoms with Crippen molar-refractivity contribution in [2.45, 2.75) is 30.6 Å². The van der Waals surface area contributed by atoms with E-state index in [4.69, 9.17) is 4.52 Å². The Kier molecular flexibility index (Phi) is 5.32. The van der Waals surface area contributed by atoms with E-state index >= 15 is 0 Å². The fourth-order valence-electron chi connectivity index (χ4n) is 2.76. The molecule has 0 spiro atoms. The van der Waals surface area contributed by atoms with Gasteiger partial charge in [0.1, 0.15) is 0 Å². The maximum atomic E-state index is 12.3. The van der Waals surface area contributed by atoms with Gasteiger partial charge in [-0.15, -0.1) is 11.8 Å². The van der Waals surface area contributed by atoms with E-state index in [0.717, 1.165) is 17.7 Å². The van der Waals surface area contributed by atoms with E-state index in [0.29, 0.717) is 30.6 Å². The van der Waals surface area contributed by atoms with Gasteiger partial charge in [-0.2, -0.15) is 4.98 Å². The molecule has 25 heavy (non-hydrogen) atoms. The van der Waals surface area contributed by atoms with Gasteiger partial charge in [-0.25, -0.2) is 0 Å². The maximum Gasteiger partial charge on any atom is 0.269 e. The first-order valence-electron chi connectivity index (χ1n) is 7.98. The Bertz CT molecular complexity index is 754. The molecule has 1 saturated heterocycles. The lowest BCUT2D eigenvalue weighted by Gasteiger charge is -2.30. The molecule has 1 amide bonds. The minimum absolute atomic E-state index is 0.0500. The number of benzene rings is 1. The minimum Gasteiger partial charge on any atom is -0.342 e. The van der Waals surface area contributed by atoms with Crippen molar-refractivity contribution in [3.05, 3.63) is 46.1 Å². The number of piperidine rings is 1. The number of hydrogen-bond acceptors (Lipinski definition) is 7. The van der Waals surface area contributed by atoms with Gasteiger partial charge < -0.3 is 9.42 Å². The first-order valence-corrected chi connectivity index (χ1v) is 8.96. The minimum atomic E-state index is -0.436. The molecule has 0 aliphatic carbocycles. The highest BCUT2D eigenvalue weighted by Gasteiger charge is 2.27. The number of aromatic nitrogens is 2. The Hall–Kier alpha value is -2.42. The number of amides is 1. The molecule has 0 atom stereocenters. The van der Waals surface area contributed by atoms with Crippen LogP contribution in [0.5, 0.6) is 0 Å². The number of nitro benzene ring substituents is 1. The average molecular weight is 362 g/mol. The molecule has 0 radical (unpaired) electrons. The molecule has 1 aromatic carbocycles. The van der Waals surface area contributed by atoms with Crippen molar-refractivity contribution in [2.75, 3.05) is 18.8 Å². The Morgan fingerprint density at radius 2 is 2.04 bits per heavy atom. The number of nitrogens with zero attached hydrogens (tertiary/aromatic N) is 4. The van der Waals surface area contributed by atoms with Crippen molar-refractivity contribution in [3.8, 4) is 0 Å². The van der Waals surface area contributed by atoms with Gasteiger partial charge in [0.2, 0.25) is 11.8 Å². The van der Waals surface area contributed by atoms with Gasteiger partial charge in [0.15, 0.2) is 5.82 Å². The van der Waals surface area contributed by atoms with Crippen molar-refractivity contribution >= 4 is 23.4 Å². The molecule has 1 aliphatic rings. The number of carbonyl (C=O) groups excluding carboxylic acids is 1. The second-order valence-electron chi connectivity index (χ2n) is 5.87. The van der Waals surface area contributed by atoms with Crippen LogP contribution < -0.4 is 0 Å². The van der Waals surface area contributed by atoms with E-state index in [9.17, 15) is 14.9 Å². The average Bonchev–Trinajstić information content (AvgIpc) is 3.06. The van der Waals surface area contributed by atoms with Crippen LogP contribution in [-0.4, -0.2) is 44.7 Å². The number of nitro groups is 1. The molecule has 1 fully saturated rings. The summed E-state index contributed by atoms with van der Waals surface area (Å²) < 4.78 is 5.21. The summed E-state index contributed by atoms with van der Waals surface area (Å²) in [7, 11) is 0. The summed E-state index contributed by atoms with van der Waals surface area (Å²) in [5, 5.41) is 14.5. The summed E-state index contributed by atoms with van der Waals surface area (Å²) in [6.07, 6.45) is 1.63. The molecule has 1 aliphatic heterocycles. The van der Waals surface area contributed by atoms with Crippen molar-refractivity contribution in [1.29, 1.82) is 0 Å². The van der Waals surface area contributed by atoms with Crippen molar-refractivity contribution in [2.24, 2.45) is 0 Å². The summed E-state index contributed by atoms with van der Waals surface area (Å²) in [5.74, 6) is 1.90. The molecule has 2 aromatic rings. The third kappa shape index (κ3) is 4.36. The van der Waals surface area contributed by atoms with Crippen LogP contribution >= 0.6 is 11.8 Å². The number of aryl methyl sites for hydroxylation is 1. The molecule has 0 saturated carbocycles. The SMILES string of the molecule is Cc1noc(C2CCN(C(=O)CSc3ccc([N+](=O)[O-])cc3)CC2)n1. The quantitative estimate of drug-likeness (QED) is 0.458. The monoisotopic (exact) mass is 362 g/mol. The first kappa shape index (κ1) is 17.4. The van der Waals surface area contributed by atoms with Crippen molar-refractivity contribution in [3.63, 3.8) is 0 Å². The fourth-order valence-corrected chi connectivity index (χ4v) is 3.56. The van der Waals surface area contributed by atoms with Crippen LogP contribution in [0.4, 0.5) is 5.69 Å². The fraction of sp³-hybridized carbons (Fsp3) is 0.438. The molecule has 0 bridgehead atoms. The molecule has 8 nitrogen and oxygen atoms in total. The predicted molar refractivity (Wildman–Crippen MR) is 91.4 cm³/mol. The third-order valence-electron chi connectivity index (χ3n) is 4.15. The highest BCUT2D eigenvalue weighted by molar-refractivity contribution is 8.00. The van der Waals surface area contributed by atoms with Gasteiger partial charge in [0.25, 0.3) is 5.69 Å². The Morgan fingerprint density at radius 1 is 1.36 bits per heavy atom. The molecule has 1 aromatic heterocycles. The number of non-ortho nitro benzene ring substituents is 1. The highest BCUT2D eigenvalue weighted by Crippen LogP contribution is 2.28. The smallest absolute Gasteiger partial charge is 0.269 e. The van der Waals surface area contributed by atoms with Gasteiger partial charge in [0.05, 0.1) is 10.7 Å². The molecule has 2 heterocycles. The van der Waals surface area contributed by atoms with Crippen LogP contribution in [0.3, 0.4) is 0 Å². The highest BCUT2D eigenvalue weighted by atomic mass is 32.2. The van der Waals surface area contributed by atoms with Crippen LogP contribution in [0.2, 0.25) is 0 Å². The van der Waals surface area contributed by atoms with Crippen LogP contribution in [-0.2, 0) is 4.79 Å². The Labute approximate surface area is 148 Å². The molecule has 132 valence electrons. The number of carbonyl (C=O) groups is 1.